The molecular weight excluding hydrogens is 534 g/mol. The van der Waals surface area contributed by atoms with Gasteiger partial charge in [-0.2, -0.15) is 0 Å². The molecule has 1 aromatic heterocycles. The zero-order chi connectivity index (χ0) is 30.9. The molecule has 42 heavy (non-hydrogen) atoms. The first-order chi connectivity index (χ1) is 19.9. The zero-order valence-electron chi connectivity index (χ0n) is 25.7. The van der Waals surface area contributed by atoms with Gasteiger partial charge in [-0.15, -0.1) is 0 Å². The standard InChI is InChI=1S/C32H49N5O5/c1-21(2)18-24(33)29(39)37(26(20-23-14-10-7-11-15-23)27(38)28-34-16-17-35-28)30(40)25(19-22-12-8-6-9-13-22)36-31(41)42-32(3,4)5/h6,8-9,12-13,16-17,21,23-27,38H,7,10-11,14-15,18-20,33H2,1-5H3,(H,34,35)(H,36,41)/t24-,25-,26-,27+/m0/s1. The molecule has 2 aromatic rings. The van der Waals surface area contributed by atoms with E-state index in [1.165, 1.54) is 6.20 Å². The van der Waals surface area contributed by atoms with Crippen LogP contribution in [0.15, 0.2) is 42.7 Å². The predicted molar refractivity (Wildman–Crippen MR) is 161 cm³/mol. The smallest absolute Gasteiger partial charge is 0.408 e. The number of nitrogens with two attached hydrogens (primary N) is 1. The Morgan fingerprint density at radius 1 is 1.12 bits per heavy atom. The summed E-state index contributed by atoms with van der Waals surface area (Å²) >= 11 is 0. The highest BCUT2D eigenvalue weighted by molar-refractivity contribution is 6.01. The van der Waals surface area contributed by atoms with Gasteiger partial charge in [0.25, 0.3) is 5.91 Å². The van der Waals surface area contributed by atoms with Gasteiger partial charge in [0.15, 0.2) is 0 Å². The van der Waals surface area contributed by atoms with Gasteiger partial charge >= 0.3 is 6.09 Å². The van der Waals surface area contributed by atoms with Crippen molar-refractivity contribution in [3.05, 3.63) is 54.1 Å². The van der Waals surface area contributed by atoms with Crippen molar-refractivity contribution in [2.24, 2.45) is 17.6 Å². The van der Waals surface area contributed by atoms with E-state index in [1.807, 2.05) is 44.2 Å². The average molecular weight is 584 g/mol. The molecule has 10 nitrogen and oxygen atoms in total. The fraction of sp³-hybridized carbons (Fsp3) is 0.625. The number of amides is 3. The Labute approximate surface area is 249 Å². The Balaban J connectivity index is 2.06. The molecule has 0 radical (unpaired) electrons. The lowest BCUT2D eigenvalue weighted by molar-refractivity contribution is -0.154. The lowest BCUT2D eigenvalue weighted by atomic mass is 9.82. The number of benzene rings is 1. The van der Waals surface area contributed by atoms with Crippen molar-refractivity contribution >= 4 is 17.9 Å². The number of nitrogens with one attached hydrogen (secondary N) is 2. The molecule has 0 spiro atoms. The average Bonchev–Trinajstić information content (AvgIpc) is 3.47. The van der Waals surface area contributed by atoms with Crippen LogP contribution in [0, 0.1) is 11.8 Å². The number of alkyl carbamates (subject to hydrolysis) is 1. The van der Waals surface area contributed by atoms with E-state index in [4.69, 9.17) is 10.5 Å². The van der Waals surface area contributed by atoms with Crippen LogP contribution in [0.2, 0.25) is 0 Å². The first-order valence-corrected chi connectivity index (χ1v) is 15.2. The molecule has 1 aliphatic carbocycles. The topological polar surface area (TPSA) is 151 Å². The quantitative estimate of drug-likeness (QED) is 0.284. The maximum Gasteiger partial charge on any atom is 0.408 e. The van der Waals surface area contributed by atoms with Gasteiger partial charge in [0.1, 0.15) is 23.6 Å². The molecule has 10 heteroatoms. The van der Waals surface area contributed by atoms with Crippen LogP contribution in [0.5, 0.6) is 0 Å². The van der Waals surface area contributed by atoms with Crippen LogP contribution >= 0.6 is 0 Å². The largest absolute Gasteiger partial charge is 0.444 e. The number of rotatable bonds is 12. The second-order valence-corrected chi connectivity index (χ2v) is 12.9. The summed E-state index contributed by atoms with van der Waals surface area (Å²) in [7, 11) is 0. The number of ether oxygens (including phenoxy) is 1. The highest BCUT2D eigenvalue weighted by atomic mass is 16.6. The van der Waals surface area contributed by atoms with Crippen molar-refractivity contribution < 1.29 is 24.2 Å². The summed E-state index contributed by atoms with van der Waals surface area (Å²) < 4.78 is 5.49. The number of carbonyl (C=O) groups is 3. The Morgan fingerprint density at radius 3 is 2.36 bits per heavy atom. The van der Waals surface area contributed by atoms with Crippen molar-refractivity contribution in [1.82, 2.24) is 20.2 Å². The fourth-order valence-corrected chi connectivity index (χ4v) is 5.65. The van der Waals surface area contributed by atoms with Crippen LogP contribution in [0.3, 0.4) is 0 Å². The second-order valence-electron chi connectivity index (χ2n) is 12.9. The minimum atomic E-state index is -1.26. The lowest BCUT2D eigenvalue weighted by Gasteiger charge is -2.39. The first-order valence-electron chi connectivity index (χ1n) is 15.2. The van der Waals surface area contributed by atoms with E-state index in [0.29, 0.717) is 12.8 Å². The number of carbonyl (C=O) groups excluding carboxylic acids is 3. The van der Waals surface area contributed by atoms with Crippen LogP contribution in [-0.4, -0.2) is 61.6 Å². The third-order valence-electron chi connectivity index (χ3n) is 7.58. The Kier molecular flexibility index (Phi) is 12.1. The van der Waals surface area contributed by atoms with Gasteiger partial charge in [-0.25, -0.2) is 9.78 Å². The summed E-state index contributed by atoms with van der Waals surface area (Å²) in [5.74, 6) is -0.639. The summed E-state index contributed by atoms with van der Waals surface area (Å²) in [5, 5.41) is 14.4. The highest BCUT2D eigenvalue weighted by Gasteiger charge is 2.42. The highest BCUT2D eigenvalue weighted by Crippen LogP contribution is 2.33. The number of imidazole rings is 1. The maximum absolute atomic E-state index is 14.6. The van der Waals surface area contributed by atoms with Crippen molar-refractivity contribution in [3.63, 3.8) is 0 Å². The molecule has 0 saturated heterocycles. The molecular formula is C32H49N5O5. The van der Waals surface area contributed by atoms with Crippen molar-refractivity contribution in [1.29, 1.82) is 0 Å². The maximum atomic E-state index is 14.6. The Bertz CT molecular complexity index is 1130. The first kappa shape index (κ1) is 33.3. The number of aliphatic hydroxyl groups is 1. The predicted octanol–water partition coefficient (Wildman–Crippen LogP) is 4.65. The molecule has 0 unspecified atom stereocenters. The molecule has 3 rings (SSSR count). The SMILES string of the molecule is CC(C)C[C@H](N)C(=O)N(C(=O)[C@H](Cc1ccccc1)NC(=O)OC(C)(C)C)[C@@H](CC1CCCCC1)[C@@H](O)c1ncc[nH]1. The Hall–Kier alpha value is -3.24. The summed E-state index contributed by atoms with van der Waals surface area (Å²) in [6, 6.07) is 6.21. The molecule has 5 N–H and O–H groups in total. The van der Waals surface area contributed by atoms with Crippen LogP contribution in [0.25, 0.3) is 0 Å². The van der Waals surface area contributed by atoms with E-state index in [0.717, 1.165) is 42.6 Å². The molecule has 4 atom stereocenters. The van der Waals surface area contributed by atoms with Gasteiger partial charge in [0, 0.05) is 18.8 Å². The summed E-state index contributed by atoms with van der Waals surface area (Å²) in [4.78, 5) is 50.0. The number of aromatic nitrogens is 2. The number of imide groups is 1. The van der Waals surface area contributed by atoms with Gasteiger partial charge in [-0.3, -0.25) is 14.5 Å². The van der Waals surface area contributed by atoms with Crippen LogP contribution in [-0.2, 0) is 20.7 Å². The van der Waals surface area contributed by atoms with Gasteiger partial charge < -0.3 is 25.9 Å². The number of aromatic amines is 1. The summed E-state index contributed by atoms with van der Waals surface area (Å²) in [5.41, 5.74) is 6.42. The van der Waals surface area contributed by atoms with E-state index in [2.05, 4.69) is 15.3 Å². The van der Waals surface area contributed by atoms with Crippen LogP contribution in [0.1, 0.15) is 97.1 Å². The van der Waals surface area contributed by atoms with E-state index in [-0.39, 0.29) is 24.1 Å². The van der Waals surface area contributed by atoms with Crippen molar-refractivity contribution in [3.8, 4) is 0 Å². The minimum Gasteiger partial charge on any atom is -0.444 e. The molecule has 1 aliphatic rings. The molecule has 1 fully saturated rings. The molecule has 232 valence electrons. The van der Waals surface area contributed by atoms with E-state index < -0.39 is 47.7 Å². The third-order valence-corrected chi connectivity index (χ3v) is 7.58. The van der Waals surface area contributed by atoms with Crippen LogP contribution < -0.4 is 11.1 Å². The monoisotopic (exact) mass is 583 g/mol. The molecule has 3 amide bonds. The minimum absolute atomic E-state index is 0.104. The Morgan fingerprint density at radius 2 is 1.79 bits per heavy atom. The molecule has 0 aliphatic heterocycles. The number of hydrogen-bond donors (Lipinski definition) is 4. The fourth-order valence-electron chi connectivity index (χ4n) is 5.65. The van der Waals surface area contributed by atoms with E-state index in [9.17, 15) is 19.5 Å². The van der Waals surface area contributed by atoms with E-state index in [1.54, 1.807) is 27.0 Å². The van der Waals surface area contributed by atoms with Gasteiger partial charge in [0.2, 0.25) is 5.91 Å². The number of hydrogen-bond acceptors (Lipinski definition) is 7. The van der Waals surface area contributed by atoms with Crippen LogP contribution in [0.4, 0.5) is 4.79 Å². The van der Waals surface area contributed by atoms with Gasteiger partial charge in [-0.05, 0) is 51.0 Å². The van der Waals surface area contributed by atoms with E-state index >= 15 is 0 Å². The zero-order valence-corrected chi connectivity index (χ0v) is 25.7. The number of nitrogens with zero attached hydrogens (tertiary/aromatic N) is 2. The van der Waals surface area contributed by atoms with Crippen molar-refractivity contribution in [2.45, 2.75) is 116 Å². The van der Waals surface area contributed by atoms with Gasteiger partial charge in [-0.1, -0.05) is 76.3 Å². The number of H-pyrrole nitrogens is 1. The third kappa shape index (κ3) is 9.94. The number of aliphatic hydroxyl groups excluding tert-OH is 1. The van der Waals surface area contributed by atoms with Gasteiger partial charge in [0.05, 0.1) is 12.1 Å². The summed E-state index contributed by atoms with van der Waals surface area (Å²) in [6.45, 7) is 9.13. The normalized spacial score (nSPS) is 17.2. The molecule has 1 aromatic carbocycles. The molecule has 0 bridgehead atoms. The molecule has 1 heterocycles. The second kappa shape index (κ2) is 15.3. The van der Waals surface area contributed by atoms with Crippen molar-refractivity contribution in [2.75, 3.05) is 0 Å². The lowest BCUT2D eigenvalue weighted by Crippen LogP contribution is -2.60. The summed E-state index contributed by atoms with van der Waals surface area (Å²) in [6.07, 6.45) is 7.10. The molecule has 1 saturated carbocycles.